The van der Waals surface area contributed by atoms with Crippen LogP contribution in [0.25, 0.3) is 22.3 Å². The SMILES string of the molecule is COc1cc(OC)c2c(=O)cc(-c3ccccc3Cl)oc2c1CC(O)CN1CCCC1. The summed E-state index contributed by atoms with van der Waals surface area (Å²) in [4.78, 5) is 15.3. The summed E-state index contributed by atoms with van der Waals surface area (Å²) in [6.07, 6.45) is 1.96. The van der Waals surface area contributed by atoms with Gasteiger partial charge in [-0.05, 0) is 38.1 Å². The van der Waals surface area contributed by atoms with Crippen molar-refractivity contribution in [2.45, 2.75) is 25.4 Å². The van der Waals surface area contributed by atoms with E-state index in [0.717, 1.165) is 25.9 Å². The van der Waals surface area contributed by atoms with Crippen LogP contribution in [0.5, 0.6) is 11.5 Å². The maximum Gasteiger partial charge on any atom is 0.197 e. The first-order valence-corrected chi connectivity index (χ1v) is 10.8. The molecule has 1 fully saturated rings. The molecule has 0 bridgehead atoms. The molecule has 31 heavy (non-hydrogen) atoms. The number of fused-ring (bicyclic) bond motifs is 1. The summed E-state index contributed by atoms with van der Waals surface area (Å²) in [6, 6.07) is 10.3. The van der Waals surface area contributed by atoms with Crippen molar-refractivity contribution in [1.82, 2.24) is 4.90 Å². The third-order valence-electron chi connectivity index (χ3n) is 5.71. The molecule has 1 aliphatic rings. The number of benzene rings is 2. The molecule has 0 radical (unpaired) electrons. The van der Waals surface area contributed by atoms with Gasteiger partial charge in [0.1, 0.15) is 28.2 Å². The van der Waals surface area contributed by atoms with E-state index in [1.54, 1.807) is 25.3 Å². The molecule has 0 aliphatic carbocycles. The zero-order valence-electron chi connectivity index (χ0n) is 17.7. The second-order valence-electron chi connectivity index (χ2n) is 7.78. The van der Waals surface area contributed by atoms with Crippen molar-refractivity contribution in [3.05, 3.63) is 57.2 Å². The Kier molecular flexibility index (Phi) is 6.51. The Morgan fingerprint density at radius 3 is 2.52 bits per heavy atom. The number of aliphatic hydroxyl groups is 1. The fraction of sp³-hybridized carbons (Fsp3) is 0.375. The molecular formula is C24H26ClNO5. The molecule has 0 amide bonds. The summed E-state index contributed by atoms with van der Waals surface area (Å²) < 4.78 is 17.3. The van der Waals surface area contributed by atoms with Gasteiger partial charge in [-0.25, -0.2) is 0 Å². The van der Waals surface area contributed by atoms with Gasteiger partial charge in [0.05, 0.1) is 25.3 Å². The van der Waals surface area contributed by atoms with E-state index >= 15 is 0 Å². The molecule has 7 heteroatoms. The molecular weight excluding hydrogens is 418 g/mol. The van der Waals surface area contributed by atoms with E-state index in [2.05, 4.69) is 4.90 Å². The van der Waals surface area contributed by atoms with Gasteiger partial charge in [0, 0.05) is 36.2 Å². The number of methoxy groups -OCH3 is 2. The normalized spacial score (nSPS) is 15.4. The lowest BCUT2D eigenvalue weighted by Gasteiger charge is -2.21. The van der Waals surface area contributed by atoms with Gasteiger partial charge in [-0.15, -0.1) is 0 Å². The van der Waals surface area contributed by atoms with Crippen molar-refractivity contribution >= 4 is 22.6 Å². The van der Waals surface area contributed by atoms with Crippen molar-refractivity contribution < 1.29 is 19.0 Å². The minimum Gasteiger partial charge on any atom is -0.496 e. The first kappa shape index (κ1) is 21.7. The fourth-order valence-electron chi connectivity index (χ4n) is 4.22. The highest BCUT2D eigenvalue weighted by Gasteiger charge is 2.24. The van der Waals surface area contributed by atoms with Gasteiger partial charge in [-0.2, -0.15) is 0 Å². The first-order valence-electron chi connectivity index (χ1n) is 10.4. The number of β-amino-alcohol motifs (C(OH)–C–C–N with tert-alkyl or cyclic N) is 1. The monoisotopic (exact) mass is 443 g/mol. The number of likely N-dealkylation sites (tertiary alicyclic amines) is 1. The standard InChI is InChI=1S/C24H26ClNO5/c1-29-20-13-22(30-2)23-19(28)12-21(16-7-3-4-8-18(16)25)31-24(23)17(20)11-15(27)14-26-9-5-6-10-26/h3-4,7-8,12-13,15,27H,5-6,9-11,14H2,1-2H3. The summed E-state index contributed by atoms with van der Waals surface area (Å²) in [5.41, 5.74) is 1.36. The van der Waals surface area contributed by atoms with E-state index in [4.69, 9.17) is 25.5 Å². The largest absolute Gasteiger partial charge is 0.496 e. The lowest BCUT2D eigenvalue weighted by atomic mass is 10.0. The summed E-state index contributed by atoms with van der Waals surface area (Å²) in [5, 5.41) is 11.6. The Labute approximate surface area is 185 Å². The Morgan fingerprint density at radius 2 is 1.84 bits per heavy atom. The van der Waals surface area contributed by atoms with Gasteiger partial charge >= 0.3 is 0 Å². The molecule has 0 saturated carbocycles. The second kappa shape index (κ2) is 9.30. The molecule has 1 aromatic heterocycles. The number of ether oxygens (including phenoxy) is 2. The van der Waals surface area contributed by atoms with Gasteiger partial charge in [0.15, 0.2) is 5.43 Å². The Balaban J connectivity index is 1.86. The van der Waals surface area contributed by atoms with E-state index in [9.17, 15) is 9.90 Å². The maximum atomic E-state index is 13.1. The highest BCUT2D eigenvalue weighted by molar-refractivity contribution is 6.33. The molecule has 1 unspecified atom stereocenters. The van der Waals surface area contributed by atoms with Crippen LogP contribution in [-0.4, -0.2) is 50.0 Å². The van der Waals surface area contributed by atoms with Gasteiger partial charge in [-0.1, -0.05) is 23.7 Å². The highest BCUT2D eigenvalue weighted by Crippen LogP contribution is 2.38. The molecule has 2 aromatic carbocycles. The summed E-state index contributed by atoms with van der Waals surface area (Å²) in [5.74, 6) is 1.22. The molecule has 164 valence electrons. The number of nitrogens with zero attached hydrogens (tertiary/aromatic N) is 1. The van der Waals surface area contributed by atoms with Crippen LogP contribution in [0.15, 0.2) is 45.6 Å². The number of halogens is 1. The van der Waals surface area contributed by atoms with Crippen molar-refractivity contribution in [1.29, 1.82) is 0 Å². The third-order valence-corrected chi connectivity index (χ3v) is 6.04. The fourth-order valence-corrected chi connectivity index (χ4v) is 4.45. The van der Waals surface area contributed by atoms with Crippen LogP contribution in [0, 0.1) is 0 Å². The van der Waals surface area contributed by atoms with E-state index in [1.165, 1.54) is 13.2 Å². The predicted octanol–water partition coefficient (Wildman–Crippen LogP) is 4.13. The van der Waals surface area contributed by atoms with Crippen LogP contribution < -0.4 is 14.9 Å². The van der Waals surface area contributed by atoms with Crippen molar-refractivity contribution in [2.75, 3.05) is 33.9 Å². The van der Waals surface area contributed by atoms with Crippen LogP contribution in [0.3, 0.4) is 0 Å². The zero-order valence-corrected chi connectivity index (χ0v) is 18.4. The number of rotatable bonds is 7. The highest BCUT2D eigenvalue weighted by atomic mass is 35.5. The first-order chi connectivity index (χ1) is 15.0. The van der Waals surface area contributed by atoms with E-state index < -0.39 is 6.10 Å². The Bertz CT molecular complexity index is 1140. The zero-order chi connectivity index (χ0) is 22.0. The van der Waals surface area contributed by atoms with Gasteiger partial charge in [-0.3, -0.25) is 4.79 Å². The number of hydrogen-bond acceptors (Lipinski definition) is 6. The molecule has 2 heterocycles. The van der Waals surface area contributed by atoms with Crippen LogP contribution in [0.2, 0.25) is 5.02 Å². The molecule has 6 nitrogen and oxygen atoms in total. The smallest absolute Gasteiger partial charge is 0.197 e. The average molecular weight is 444 g/mol. The third kappa shape index (κ3) is 4.42. The van der Waals surface area contributed by atoms with E-state index in [1.807, 2.05) is 12.1 Å². The molecule has 1 atom stereocenters. The molecule has 1 aliphatic heterocycles. The lowest BCUT2D eigenvalue weighted by molar-refractivity contribution is 0.124. The quantitative estimate of drug-likeness (QED) is 0.592. The van der Waals surface area contributed by atoms with Crippen LogP contribution in [0.1, 0.15) is 18.4 Å². The van der Waals surface area contributed by atoms with Gasteiger partial charge in [0.25, 0.3) is 0 Å². The minimum absolute atomic E-state index is 0.244. The summed E-state index contributed by atoms with van der Waals surface area (Å²) in [6.45, 7) is 2.54. The van der Waals surface area contributed by atoms with E-state index in [0.29, 0.717) is 50.9 Å². The second-order valence-corrected chi connectivity index (χ2v) is 8.19. The van der Waals surface area contributed by atoms with Gasteiger partial charge in [0.2, 0.25) is 0 Å². The molecule has 1 saturated heterocycles. The van der Waals surface area contributed by atoms with Crippen molar-refractivity contribution in [3.63, 3.8) is 0 Å². The summed E-state index contributed by atoms with van der Waals surface area (Å²) >= 11 is 6.34. The Hall–Kier alpha value is -2.54. The molecule has 0 spiro atoms. The van der Waals surface area contributed by atoms with Crippen LogP contribution in [-0.2, 0) is 6.42 Å². The topological polar surface area (TPSA) is 72.1 Å². The van der Waals surface area contributed by atoms with Crippen LogP contribution >= 0.6 is 11.6 Å². The van der Waals surface area contributed by atoms with Crippen molar-refractivity contribution in [3.8, 4) is 22.8 Å². The average Bonchev–Trinajstić information content (AvgIpc) is 3.27. The minimum atomic E-state index is -0.627. The number of aliphatic hydroxyl groups excluding tert-OH is 1. The molecule has 1 N–H and O–H groups in total. The van der Waals surface area contributed by atoms with E-state index in [-0.39, 0.29) is 11.8 Å². The predicted molar refractivity (Wildman–Crippen MR) is 121 cm³/mol. The molecule has 4 rings (SSSR count). The lowest BCUT2D eigenvalue weighted by Crippen LogP contribution is -2.31. The maximum absolute atomic E-state index is 13.1. The van der Waals surface area contributed by atoms with Crippen molar-refractivity contribution in [2.24, 2.45) is 0 Å². The number of hydrogen-bond donors (Lipinski definition) is 1. The summed E-state index contributed by atoms with van der Waals surface area (Å²) in [7, 11) is 3.05. The van der Waals surface area contributed by atoms with Gasteiger partial charge < -0.3 is 23.9 Å². The van der Waals surface area contributed by atoms with Crippen LogP contribution in [0.4, 0.5) is 0 Å². The Morgan fingerprint density at radius 1 is 1.13 bits per heavy atom. The molecule has 3 aromatic rings.